The first-order valence-electron chi connectivity index (χ1n) is 5.02. The van der Waals surface area contributed by atoms with Gasteiger partial charge in [-0.1, -0.05) is 6.92 Å². The summed E-state index contributed by atoms with van der Waals surface area (Å²) in [7, 11) is 0. The molecule has 0 spiro atoms. The number of nitrogens with two attached hydrogens (primary N) is 1. The van der Waals surface area contributed by atoms with Crippen molar-refractivity contribution in [2.75, 3.05) is 11.9 Å². The molecule has 0 aliphatic rings. The van der Waals surface area contributed by atoms with Crippen LogP contribution in [0, 0.1) is 12.8 Å². The SMILES string of the molecule is Cc1cnccc1NC(C)C(C)CN. The van der Waals surface area contributed by atoms with Crippen molar-refractivity contribution in [2.24, 2.45) is 11.7 Å². The quantitative estimate of drug-likeness (QED) is 0.766. The van der Waals surface area contributed by atoms with Crippen LogP contribution in [-0.4, -0.2) is 17.6 Å². The molecule has 0 saturated heterocycles. The smallest absolute Gasteiger partial charge is 0.0402 e. The van der Waals surface area contributed by atoms with Crippen molar-refractivity contribution in [3.63, 3.8) is 0 Å². The number of rotatable bonds is 4. The van der Waals surface area contributed by atoms with Crippen LogP contribution in [-0.2, 0) is 0 Å². The van der Waals surface area contributed by atoms with E-state index in [1.165, 1.54) is 5.56 Å². The maximum atomic E-state index is 5.61. The number of anilines is 1. The summed E-state index contributed by atoms with van der Waals surface area (Å²) < 4.78 is 0. The van der Waals surface area contributed by atoms with E-state index < -0.39 is 0 Å². The van der Waals surface area contributed by atoms with Gasteiger partial charge in [0.05, 0.1) is 0 Å². The van der Waals surface area contributed by atoms with Crippen molar-refractivity contribution in [1.82, 2.24) is 4.98 Å². The molecule has 0 aromatic carbocycles. The van der Waals surface area contributed by atoms with E-state index in [-0.39, 0.29) is 0 Å². The molecule has 0 saturated carbocycles. The van der Waals surface area contributed by atoms with Crippen LogP contribution < -0.4 is 11.1 Å². The molecule has 1 aromatic heterocycles. The summed E-state index contributed by atoms with van der Waals surface area (Å²) >= 11 is 0. The predicted molar refractivity (Wildman–Crippen MR) is 60.3 cm³/mol. The molecule has 0 amide bonds. The second-order valence-corrected chi connectivity index (χ2v) is 3.84. The van der Waals surface area contributed by atoms with Gasteiger partial charge in [0.1, 0.15) is 0 Å². The summed E-state index contributed by atoms with van der Waals surface area (Å²) in [5.41, 5.74) is 7.93. The fraction of sp³-hybridized carbons (Fsp3) is 0.545. The number of nitrogens with one attached hydrogen (secondary N) is 1. The molecule has 1 rings (SSSR count). The molecule has 3 heteroatoms. The van der Waals surface area contributed by atoms with E-state index in [4.69, 9.17) is 5.73 Å². The van der Waals surface area contributed by atoms with E-state index in [1.54, 1.807) is 6.20 Å². The van der Waals surface area contributed by atoms with Crippen LogP contribution in [0.1, 0.15) is 19.4 Å². The molecule has 2 unspecified atom stereocenters. The molecule has 78 valence electrons. The van der Waals surface area contributed by atoms with E-state index in [1.807, 2.05) is 12.3 Å². The molecule has 0 bridgehead atoms. The Morgan fingerprint density at radius 1 is 1.50 bits per heavy atom. The second-order valence-electron chi connectivity index (χ2n) is 3.84. The summed E-state index contributed by atoms with van der Waals surface area (Å²) in [6.45, 7) is 7.05. The van der Waals surface area contributed by atoms with Crippen molar-refractivity contribution >= 4 is 5.69 Å². The Bertz CT molecular complexity index is 286. The summed E-state index contributed by atoms with van der Waals surface area (Å²) in [6.07, 6.45) is 3.66. The molecule has 2 atom stereocenters. The van der Waals surface area contributed by atoms with Gasteiger partial charge in [-0.2, -0.15) is 0 Å². The predicted octanol–water partition coefficient (Wildman–Crippen LogP) is 1.79. The molecule has 3 N–H and O–H groups in total. The fourth-order valence-corrected chi connectivity index (χ4v) is 1.23. The van der Waals surface area contributed by atoms with Crippen molar-refractivity contribution in [3.8, 4) is 0 Å². The first kappa shape index (κ1) is 11.0. The Morgan fingerprint density at radius 2 is 2.21 bits per heavy atom. The minimum absolute atomic E-state index is 0.390. The van der Waals surface area contributed by atoms with Crippen LogP contribution in [0.25, 0.3) is 0 Å². The summed E-state index contributed by atoms with van der Waals surface area (Å²) in [5, 5.41) is 3.44. The van der Waals surface area contributed by atoms with Crippen molar-refractivity contribution in [2.45, 2.75) is 26.8 Å². The Labute approximate surface area is 85.7 Å². The zero-order valence-corrected chi connectivity index (χ0v) is 9.12. The lowest BCUT2D eigenvalue weighted by Crippen LogP contribution is -2.29. The number of nitrogens with zero attached hydrogens (tertiary/aromatic N) is 1. The third kappa shape index (κ3) is 2.70. The van der Waals surface area contributed by atoms with Crippen molar-refractivity contribution in [3.05, 3.63) is 24.0 Å². The van der Waals surface area contributed by atoms with Gasteiger partial charge < -0.3 is 11.1 Å². The molecule has 0 fully saturated rings. The molecule has 14 heavy (non-hydrogen) atoms. The Morgan fingerprint density at radius 3 is 2.79 bits per heavy atom. The summed E-state index contributed by atoms with van der Waals surface area (Å²) in [6, 6.07) is 2.39. The second kappa shape index (κ2) is 4.96. The lowest BCUT2D eigenvalue weighted by Gasteiger charge is -2.21. The lowest BCUT2D eigenvalue weighted by molar-refractivity contribution is 0.521. The number of aryl methyl sites for hydroxylation is 1. The number of pyridine rings is 1. The number of aromatic nitrogens is 1. The molecular weight excluding hydrogens is 174 g/mol. The zero-order valence-electron chi connectivity index (χ0n) is 9.12. The maximum absolute atomic E-state index is 5.61. The van der Waals surface area contributed by atoms with Gasteiger partial charge in [0.15, 0.2) is 0 Å². The zero-order chi connectivity index (χ0) is 10.6. The first-order chi connectivity index (χ1) is 6.65. The lowest BCUT2D eigenvalue weighted by atomic mass is 10.0. The molecule has 1 heterocycles. The number of hydrogen-bond donors (Lipinski definition) is 2. The van der Waals surface area contributed by atoms with Crippen LogP contribution in [0.4, 0.5) is 5.69 Å². The van der Waals surface area contributed by atoms with Crippen LogP contribution in [0.5, 0.6) is 0 Å². The maximum Gasteiger partial charge on any atom is 0.0402 e. The third-order valence-corrected chi connectivity index (χ3v) is 2.63. The summed E-state index contributed by atoms with van der Waals surface area (Å²) in [5.74, 6) is 0.475. The highest BCUT2D eigenvalue weighted by Gasteiger charge is 2.10. The van der Waals surface area contributed by atoms with Crippen molar-refractivity contribution in [1.29, 1.82) is 0 Å². The van der Waals surface area contributed by atoms with Gasteiger partial charge >= 0.3 is 0 Å². The molecule has 3 nitrogen and oxygen atoms in total. The van der Waals surface area contributed by atoms with Gasteiger partial charge in [-0.05, 0) is 37.9 Å². The van der Waals surface area contributed by atoms with E-state index >= 15 is 0 Å². The van der Waals surface area contributed by atoms with Crippen LogP contribution in [0.3, 0.4) is 0 Å². The molecule has 0 aliphatic carbocycles. The third-order valence-electron chi connectivity index (χ3n) is 2.63. The van der Waals surface area contributed by atoms with Gasteiger partial charge in [-0.25, -0.2) is 0 Å². The standard InChI is InChI=1S/C11H19N3/c1-8(6-12)10(3)14-11-4-5-13-7-9(11)2/h4-5,7-8,10H,6,12H2,1-3H3,(H,13,14). The Balaban J connectivity index is 2.64. The topological polar surface area (TPSA) is 50.9 Å². The van der Waals surface area contributed by atoms with Gasteiger partial charge in [-0.15, -0.1) is 0 Å². The van der Waals surface area contributed by atoms with Crippen LogP contribution >= 0.6 is 0 Å². The average Bonchev–Trinajstić information content (AvgIpc) is 2.20. The molecule has 1 aromatic rings. The Hall–Kier alpha value is -1.09. The normalized spacial score (nSPS) is 14.9. The minimum Gasteiger partial charge on any atom is -0.382 e. The van der Waals surface area contributed by atoms with E-state index in [0.29, 0.717) is 18.5 Å². The largest absolute Gasteiger partial charge is 0.382 e. The van der Waals surface area contributed by atoms with E-state index in [0.717, 1.165) is 5.69 Å². The first-order valence-corrected chi connectivity index (χ1v) is 5.02. The highest BCUT2D eigenvalue weighted by Crippen LogP contribution is 2.15. The fourth-order valence-electron chi connectivity index (χ4n) is 1.23. The summed E-state index contributed by atoms with van der Waals surface area (Å²) in [4.78, 5) is 4.05. The van der Waals surface area contributed by atoms with Gasteiger partial charge in [0, 0.05) is 24.1 Å². The van der Waals surface area contributed by atoms with Gasteiger partial charge in [-0.3, -0.25) is 4.98 Å². The van der Waals surface area contributed by atoms with Crippen LogP contribution in [0.15, 0.2) is 18.5 Å². The number of hydrogen-bond acceptors (Lipinski definition) is 3. The highest BCUT2D eigenvalue weighted by atomic mass is 14.9. The van der Waals surface area contributed by atoms with Crippen molar-refractivity contribution < 1.29 is 0 Å². The Kier molecular flexibility index (Phi) is 3.89. The minimum atomic E-state index is 0.390. The van der Waals surface area contributed by atoms with E-state index in [9.17, 15) is 0 Å². The van der Waals surface area contributed by atoms with E-state index in [2.05, 4.69) is 31.1 Å². The average molecular weight is 193 g/mol. The van der Waals surface area contributed by atoms with Gasteiger partial charge in [0.25, 0.3) is 0 Å². The van der Waals surface area contributed by atoms with Crippen LogP contribution in [0.2, 0.25) is 0 Å². The monoisotopic (exact) mass is 193 g/mol. The molecule has 0 radical (unpaired) electrons. The molecule has 0 aliphatic heterocycles. The highest BCUT2D eigenvalue weighted by molar-refractivity contribution is 5.49. The van der Waals surface area contributed by atoms with Gasteiger partial charge in [0.2, 0.25) is 0 Å². The molecular formula is C11H19N3.